The van der Waals surface area contributed by atoms with Gasteiger partial charge in [-0.15, -0.1) is 0 Å². The van der Waals surface area contributed by atoms with Crippen molar-refractivity contribution < 1.29 is 23.8 Å². The third kappa shape index (κ3) is 4.09. The molecule has 7 nitrogen and oxygen atoms in total. The van der Waals surface area contributed by atoms with Crippen molar-refractivity contribution in [3.63, 3.8) is 0 Å². The molecule has 1 aromatic heterocycles. The first kappa shape index (κ1) is 23.1. The molecule has 4 aliphatic rings. The number of piperidine rings is 1. The van der Waals surface area contributed by atoms with Gasteiger partial charge in [0.05, 0.1) is 44.3 Å². The molecule has 192 valence electrons. The number of hydrogen-bond donors (Lipinski definition) is 1. The third-order valence-electron chi connectivity index (χ3n) is 8.54. The Morgan fingerprint density at radius 3 is 2.78 bits per heavy atom. The number of halogens is 1. The number of hydrogen-bond acceptors (Lipinski definition) is 5. The van der Waals surface area contributed by atoms with Crippen LogP contribution in [0.4, 0.5) is 4.39 Å². The summed E-state index contributed by atoms with van der Waals surface area (Å²) < 4.78 is 28.3. The zero-order valence-corrected chi connectivity index (χ0v) is 22.0. The largest absolute Gasteiger partial charge is 0.488 e. The molecule has 7 rings (SSSR count). The quantitative estimate of drug-likeness (QED) is 0.495. The number of carboxylic acid groups (broad SMARTS) is 1. The van der Waals surface area contributed by atoms with Gasteiger partial charge in [0.2, 0.25) is 0 Å². The minimum Gasteiger partial charge on any atom is -0.488 e. The van der Waals surface area contributed by atoms with Crippen molar-refractivity contribution in [3.05, 3.63) is 65.0 Å². The van der Waals surface area contributed by atoms with E-state index >= 15 is 0 Å². The van der Waals surface area contributed by atoms with Crippen molar-refractivity contribution in [1.29, 1.82) is 0 Å². The van der Waals surface area contributed by atoms with Gasteiger partial charge in [0.1, 0.15) is 24.0 Å². The lowest BCUT2D eigenvalue weighted by Gasteiger charge is -2.33. The smallest absolute Gasteiger partial charge is 0.335 e. The Morgan fingerprint density at radius 2 is 2.03 bits per heavy atom. The fourth-order valence-corrected chi connectivity index (χ4v) is 8.59. The van der Waals surface area contributed by atoms with Crippen LogP contribution in [0.1, 0.15) is 58.2 Å². The van der Waals surface area contributed by atoms with E-state index in [1.807, 2.05) is 12.1 Å². The average molecular weight is 520 g/mol. The van der Waals surface area contributed by atoms with Crippen LogP contribution < -0.4 is 4.74 Å². The van der Waals surface area contributed by atoms with Crippen LogP contribution in [0.5, 0.6) is 5.75 Å². The summed E-state index contributed by atoms with van der Waals surface area (Å²) in [5.74, 6) is 0.972. The monoisotopic (exact) mass is 519 g/mol. The van der Waals surface area contributed by atoms with Gasteiger partial charge in [0, 0.05) is 12.3 Å². The lowest BCUT2D eigenvalue weighted by atomic mass is 9.87. The molecule has 0 radical (unpaired) electrons. The maximum atomic E-state index is 14.3. The van der Waals surface area contributed by atoms with Crippen molar-refractivity contribution in [2.45, 2.75) is 49.0 Å². The highest BCUT2D eigenvalue weighted by Gasteiger charge is 2.49. The molecule has 3 fully saturated rings. The van der Waals surface area contributed by atoms with Gasteiger partial charge in [-0.3, -0.25) is 4.90 Å². The summed E-state index contributed by atoms with van der Waals surface area (Å²) in [6.07, 6.45) is 4.96. The molecule has 9 heteroatoms. The number of imidazole rings is 1. The fourth-order valence-electron chi connectivity index (χ4n) is 6.38. The summed E-state index contributed by atoms with van der Waals surface area (Å²) in [5.41, 5.74) is 4.85. The number of likely N-dealkylation sites (tertiary alicyclic amines) is 1. The number of aromatic carboxylic acids is 1. The molecular formula is C28H30FN3O4Si. The van der Waals surface area contributed by atoms with Crippen LogP contribution in [0.3, 0.4) is 0 Å². The van der Waals surface area contributed by atoms with Gasteiger partial charge in [-0.25, -0.2) is 14.2 Å². The Kier molecular flexibility index (Phi) is 5.67. The summed E-state index contributed by atoms with van der Waals surface area (Å²) in [6.45, 7) is 3.73. The second-order valence-electron chi connectivity index (χ2n) is 10.7. The van der Waals surface area contributed by atoms with Crippen LogP contribution in [0.25, 0.3) is 16.9 Å². The van der Waals surface area contributed by atoms with E-state index in [2.05, 4.69) is 15.5 Å². The van der Waals surface area contributed by atoms with Crippen molar-refractivity contribution in [2.75, 3.05) is 26.3 Å². The van der Waals surface area contributed by atoms with E-state index in [0.717, 1.165) is 67.9 Å². The average Bonchev–Trinajstić information content (AvgIpc) is 3.54. The standard InChI is InChI=1S/C28H30FN3O4Si/c29-20-8-12-36-25-18(2-1-3-19(20)25)16-6-10-31(11-7-16)15-24-30-21-5-4-17(28(33)34)14-22(21)32(24)27-26(37-27)23-9-13-35-23/h1-5,8,14,16,23,26-27H,6-7,9-13,15,37H2,(H,33,34)/t23-,26?,27?/m0/s1. The molecule has 0 amide bonds. The number of ether oxygens (including phenoxy) is 2. The highest BCUT2D eigenvalue weighted by molar-refractivity contribution is 6.53. The van der Waals surface area contributed by atoms with Gasteiger partial charge < -0.3 is 19.1 Å². The molecule has 0 aliphatic carbocycles. The number of nitrogens with zero attached hydrogens (tertiary/aromatic N) is 3. The van der Waals surface area contributed by atoms with Crippen LogP contribution in [0.2, 0.25) is 5.54 Å². The Hall–Kier alpha value is -3.01. The van der Waals surface area contributed by atoms with E-state index < -0.39 is 5.97 Å². The first-order chi connectivity index (χ1) is 18.1. The van der Waals surface area contributed by atoms with Gasteiger partial charge in [0.15, 0.2) is 0 Å². The Balaban J connectivity index is 1.12. The maximum absolute atomic E-state index is 14.3. The zero-order chi connectivity index (χ0) is 25.1. The van der Waals surface area contributed by atoms with E-state index in [0.29, 0.717) is 40.1 Å². The lowest BCUT2D eigenvalue weighted by Crippen LogP contribution is -2.33. The van der Waals surface area contributed by atoms with E-state index in [9.17, 15) is 14.3 Å². The normalized spacial score (nSPS) is 26.4. The highest BCUT2D eigenvalue weighted by Crippen LogP contribution is 2.49. The van der Waals surface area contributed by atoms with Crippen molar-refractivity contribution >= 4 is 32.3 Å². The molecule has 3 aromatic rings. The molecule has 2 unspecified atom stereocenters. The minimum absolute atomic E-state index is 0.195. The molecule has 0 spiro atoms. The van der Waals surface area contributed by atoms with Gasteiger partial charge in [-0.2, -0.15) is 0 Å². The van der Waals surface area contributed by atoms with E-state index in [1.54, 1.807) is 18.2 Å². The molecule has 1 N–H and O–H groups in total. The molecule has 5 heterocycles. The SMILES string of the molecule is O=C(O)c1ccc2nc(CN3CCC(c4cccc5c4OCC=C5F)CC3)n(C3[SiH2]C3[C@@H]3CCO3)c2c1. The van der Waals surface area contributed by atoms with Gasteiger partial charge in [-0.05, 0) is 79.7 Å². The van der Waals surface area contributed by atoms with E-state index in [4.69, 9.17) is 14.5 Å². The number of carboxylic acids is 1. The Morgan fingerprint density at radius 1 is 1.19 bits per heavy atom. The van der Waals surface area contributed by atoms with Crippen molar-refractivity contribution in [3.8, 4) is 5.75 Å². The first-order valence-corrected chi connectivity index (χ1v) is 14.9. The van der Waals surface area contributed by atoms with Gasteiger partial charge >= 0.3 is 5.97 Å². The van der Waals surface area contributed by atoms with Crippen LogP contribution in [-0.2, 0) is 11.3 Å². The maximum Gasteiger partial charge on any atom is 0.335 e. The number of fused-ring (bicyclic) bond motifs is 2. The predicted octanol–water partition coefficient (Wildman–Crippen LogP) is 4.08. The molecule has 3 saturated heterocycles. The van der Waals surface area contributed by atoms with Crippen molar-refractivity contribution in [2.24, 2.45) is 0 Å². The van der Waals surface area contributed by atoms with Crippen LogP contribution >= 0.6 is 0 Å². The number of aromatic nitrogens is 2. The fraction of sp³-hybridized carbons (Fsp3) is 0.429. The number of rotatable bonds is 6. The second kappa shape index (κ2) is 9.07. The summed E-state index contributed by atoms with van der Waals surface area (Å²) in [4.78, 5) is 19.1. The Bertz CT molecular complexity index is 1410. The van der Waals surface area contributed by atoms with Crippen LogP contribution in [-0.4, -0.2) is 67.5 Å². The number of benzene rings is 2. The molecule has 3 atom stereocenters. The highest BCUT2D eigenvalue weighted by atomic mass is 28.2. The van der Waals surface area contributed by atoms with E-state index in [1.165, 1.54) is 6.08 Å². The first-order valence-electron chi connectivity index (χ1n) is 13.3. The summed E-state index contributed by atoms with van der Waals surface area (Å²) in [5, 5.41) is 9.57. The number of para-hydroxylation sites is 1. The topological polar surface area (TPSA) is 76.8 Å². The van der Waals surface area contributed by atoms with Crippen molar-refractivity contribution in [1.82, 2.24) is 14.5 Å². The van der Waals surface area contributed by atoms with Crippen LogP contribution in [0.15, 0.2) is 42.5 Å². The zero-order valence-electron chi connectivity index (χ0n) is 20.6. The molecule has 2 aromatic carbocycles. The summed E-state index contributed by atoms with van der Waals surface area (Å²) in [6, 6.07) is 11.1. The van der Waals surface area contributed by atoms with Gasteiger partial charge in [-0.1, -0.05) is 12.1 Å². The molecule has 37 heavy (non-hydrogen) atoms. The molecule has 0 bridgehead atoms. The lowest BCUT2D eigenvalue weighted by molar-refractivity contribution is -0.0494. The third-order valence-corrected chi connectivity index (χ3v) is 10.9. The molecular weight excluding hydrogens is 489 g/mol. The predicted molar refractivity (Wildman–Crippen MR) is 141 cm³/mol. The molecule has 4 aliphatic heterocycles. The Labute approximate surface area is 216 Å². The number of carbonyl (C=O) groups is 1. The summed E-state index contributed by atoms with van der Waals surface area (Å²) in [7, 11) is -0.334. The summed E-state index contributed by atoms with van der Waals surface area (Å²) >= 11 is 0. The van der Waals surface area contributed by atoms with Gasteiger partial charge in [0.25, 0.3) is 0 Å². The second-order valence-corrected chi connectivity index (χ2v) is 13.0. The molecule has 0 saturated carbocycles. The van der Waals surface area contributed by atoms with E-state index in [-0.39, 0.29) is 22.0 Å². The van der Waals surface area contributed by atoms with Crippen LogP contribution in [0, 0.1) is 0 Å². The minimum atomic E-state index is -0.910.